The molecule has 5 nitrogen and oxygen atoms in total. The Balaban J connectivity index is 1.68. The van der Waals surface area contributed by atoms with Crippen molar-refractivity contribution in [2.75, 3.05) is 39.2 Å². The standard InChI is InChI=1S/C18H26N2O3/c1-20(11-13-5-4-10-23-12-13)18(21)19-17-15-7-3-6-14(15)8-9-16(17)22-2/h8-9,13H,3-7,10-12H2,1-2H3,(H,19,21)/t13-/m1/s1. The van der Waals surface area contributed by atoms with Gasteiger partial charge >= 0.3 is 6.03 Å². The van der Waals surface area contributed by atoms with Crippen molar-refractivity contribution in [2.24, 2.45) is 5.92 Å². The molecule has 2 aliphatic rings. The maximum atomic E-state index is 12.6. The number of carbonyl (C=O) groups excluding carboxylic acids is 1. The van der Waals surface area contributed by atoms with Crippen LogP contribution in [0.3, 0.4) is 0 Å². The number of amides is 2. The highest BCUT2D eigenvalue weighted by Crippen LogP contribution is 2.36. The van der Waals surface area contributed by atoms with E-state index in [0.717, 1.165) is 63.3 Å². The normalized spacial score (nSPS) is 20.0. The van der Waals surface area contributed by atoms with E-state index in [0.29, 0.717) is 5.92 Å². The fourth-order valence-electron chi connectivity index (χ4n) is 3.58. The van der Waals surface area contributed by atoms with Crippen LogP contribution >= 0.6 is 0 Å². The number of ether oxygens (including phenoxy) is 2. The Morgan fingerprint density at radius 3 is 3.00 bits per heavy atom. The SMILES string of the molecule is COc1ccc2c(c1NC(=O)N(C)C[C@H]1CCCOC1)CCC2. The van der Waals surface area contributed by atoms with Crippen LogP contribution in [0.2, 0.25) is 0 Å². The van der Waals surface area contributed by atoms with E-state index in [1.165, 1.54) is 11.1 Å². The Bertz CT molecular complexity index is 568. The van der Waals surface area contributed by atoms with Crippen LogP contribution < -0.4 is 10.1 Å². The quantitative estimate of drug-likeness (QED) is 0.928. The lowest BCUT2D eigenvalue weighted by molar-refractivity contribution is 0.0464. The summed E-state index contributed by atoms with van der Waals surface area (Å²) in [5.74, 6) is 1.18. The number of urea groups is 1. The van der Waals surface area contributed by atoms with Gasteiger partial charge in [0.2, 0.25) is 0 Å². The summed E-state index contributed by atoms with van der Waals surface area (Å²) >= 11 is 0. The summed E-state index contributed by atoms with van der Waals surface area (Å²) in [6.45, 7) is 2.32. The molecule has 3 rings (SSSR count). The van der Waals surface area contributed by atoms with E-state index in [1.807, 2.05) is 13.1 Å². The van der Waals surface area contributed by atoms with Gasteiger partial charge in [-0.1, -0.05) is 6.07 Å². The monoisotopic (exact) mass is 318 g/mol. The summed E-state index contributed by atoms with van der Waals surface area (Å²) in [5.41, 5.74) is 3.40. The van der Waals surface area contributed by atoms with Crippen molar-refractivity contribution >= 4 is 11.7 Å². The molecule has 2 amide bonds. The van der Waals surface area contributed by atoms with E-state index in [1.54, 1.807) is 12.0 Å². The van der Waals surface area contributed by atoms with Crippen molar-refractivity contribution in [2.45, 2.75) is 32.1 Å². The van der Waals surface area contributed by atoms with Gasteiger partial charge in [-0.05, 0) is 49.3 Å². The third-order valence-electron chi connectivity index (χ3n) is 4.83. The summed E-state index contributed by atoms with van der Waals surface area (Å²) in [6.07, 6.45) is 5.43. The van der Waals surface area contributed by atoms with E-state index in [2.05, 4.69) is 11.4 Å². The van der Waals surface area contributed by atoms with Gasteiger partial charge in [0, 0.05) is 26.1 Å². The number of hydrogen-bond donors (Lipinski definition) is 1. The lowest BCUT2D eigenvalue weighted by Crippen LogP contribution is -2.37. The average Bonchev–Trinajstić information content (AvgIpc) is 3.05. The van der Waals surface area contributed by atoms with E-state index in [9.17, 15) is 4.79 Å². The number of methoxy groups -OCH3 is 1. The zero-order valence-electron chi connectivity index (χ0n) is 14.1. The Morgan fingerprint density at radius 2 is 2.26 bits per heavy atom. The molecule has 0 spiro atoms. The number of hydrogen-bond acceptors (Lipinski definition) is 3. The van der Waals surface area contributed by atoms with Crippen LogP contribution in [-0.4, -0.2) is 44.8 Å². The summed E-state index contributed by atoms with van der Waals surface area (Å²) in [7, 11) is 3.50. The molecule has 0 aromatic heterocycles. The van der Waals surface area contributed by atoms with Gasteiger partial charge in [-0.15, -0.1) is 0 Å². The Kier molecular flexibility index (Phi) is 5.06. The van der Waals surface area contributed by atoms with E-state index >= 15 is 0 Å². The molecule has 0 bridgehead atoms. The van der Waals surface area contributed by atoms with Crippen molar-refractivity contribution in [3.05, 3.63) is 23.3 Å². The molecule has 1 aliphatic carbocycles. The number of fused-ring (bicyclic) bond motifs is 1. The topological polar surface area (TPSA) is 50.8 Å². The summed E-state index contributed by atoms with van der Waals surface area (Å²) in [5, 5.41) is 3.07. The molecule has 1 atom stereocenters. The number of rotatable bonds is 4. The Labute approximate surface area is 137 Å². The van der Waals surface area contributed by atoms with Gasteiger partial charge in [-0.2, -0.15) is 0 Å². The average molecular weight is 318 g/mol. The summed E-state index contributed by atoms with van der Waals surface area (Å²) in [4.78, 5) is 14.3. The summed E-state index contributed by atoms with van der Waals surface area (Å²) < 4.78 is 10.9. The second-order valence-corrected chi connectivity index (χ2v) is 6.53. The van der Waals surface area contributed by atoms with Crippen LogP contribution in [0.25, 0.3) is 0 Å². The van der Waals surface area contributed by atoms with Gasteiger partial charge in [-0.25, -0.2) is 4.79 Å². The van der Waals surface area contributed by atoms with Crippen molar-refractivity contribution in [3.63, 3.8) is 0 Å². The van der Waals surface area contributed by atoms with Gasteiger partial charge < -0.3 is 19.7 Å². The van der Waals surface area contributed by atoms with Crippen LogP contribution in [0.1, 0.15) is 30.4 Å². The number of nitrogens with one attached hydrogen (secondary N) is 1. The third kappa shape index (κ3) is 3.61. The highest BCUT2D eigenvalue weighted by atomic mass is 16.5. The minimum atomic E-state index is -0.0748. The smallest absolute Gasteiger partial charge is 0.321 e. The first-order valence-corrected chi connectivity index (χ1v) is 8.47. The number of nitrogens with zero attached hydrogens (tertiary/aromatic N) is 1. The second kappa shape index (κ2) is 7.21. The molecule has 1 fully saturated rings. The van der Waals surface area contributed by atoms with Gasteiger partial charge in [0.25, 0.3) is 0 Å². The van der Waals surface area contributed by atoms with Crippen LogP contribution in [-0.2, 0) is 17.6 Å². The zero-order chi connectivity index (χ0) is 16.2. The lowest BCUT2D eigenvalue weighted by Gasteiger charge is -2.27. The maximum Gasteiger partial charge on any atom is 0.321 e. The summed E-state index contributed by atoms with van der Waals surface area (Å²) in [6, 6.07) is 3.99. The van der Waals surface area contributed by atoms with E-state index < -0.39 is 0 Å². The number of aryl methyl sites for hydroxylation is 1. The van der Waals surface area contributed by atoms with Crippen molar-refractivity contribution in [3.8, 4) is 5.75 Å². The van der Waals surface area contributed by atoms with Crippen molar-refractivity contribution < 1.29 is 14.3 Å². The molecule has 1 aromatic rings. The fourth-order valence-corrected chi connectivity index (χ4v) is 3.58. The van der Waals surface area contributed by atoms with Crippen LogP contribution in [0, 0.1) is 5.92 Å². The molecule has 0 radical (unpaired) electrons. The largest absolute Gasteiger partial charge is 0.495 e. The van der Waals surface area contributed by atoms with Gasteiger partial charge in [-0.3, -0.25) is 0 Å². The van der Waals surface area contributed by atoms with Crippen LogP contribution in [0.5, 0.6) is 5.75 Å². The predicted octanol–water partition coefficient (Wildman–Crippen LogP) is 3.07. The first kappa shape index (κ1) is 16.1. The second-order valence-electron chi connectivity index (χ2n) is 6.53. The number of carbonyl (C=O) groups is 1. The highest BCUT2D eigenvalue weighted by Gasteiger charge is 2.23. The molecule has 1 N–H and O–H groups in total. The maximum absolute atomic E-state index is 12.6. The molecule has 126 valence electrons. The first-order valence-electron chi connectivity index (χ1n) is 8.47. The molecule has 1 heterocycles. The molecular weight excluding hydrogens is 292 g/mol. The van der Waals surface area contributed by atoms with Gasteiger partial charge in [0.05, 0.1) is 19.4 Å². The van der Waals surface area contributed by atoms with Gasteiger partial charge in [0.1, 0.15) is 5.75 Å². The van der Waals surface area contributed by atoms with E-state index in [-0.39, 0.29) is 6.03 Å². The minimum absolute atomic E-state index is 0.0748. The minimum Gasteiger partial charge on any atom is -0.495 e. The molecule has 1 saturated heterocycles. The predicted molar refractivity (Wildman–Crippen MR) is 90.2 cm³/mol. The van der Waals surface area contributed by atoms with Crippen molar-refractivity contribution in [1.29, 1.82) is 0 Å². The highest BCUT2D eigenvalue weighted by molar-refractivity contribution is 5.92. The zero-order valence-corrected chi connectivity index (χ0v) is 14.1. The molecular formula is C18H26N2O3. The molecule has 1 aromatic carbocycles. The molecule has 0 unspecified atom stereocenters. The molecule has 1 aliphatic heterocycles. The lowest BCUT2D eigenvalue weighted by atomic mass is 10.0. The molecule has 5 heteroatoms. The fraction of sp³-hybridized carbons (Fsp3) is 0.611. The molecule has 0 saturated carbocycles. The molecule has 23 heavy (non-hydrogen) atoms. The first-order chi connectivity index (χ1) is 11.2. The van der Waals surface area contributed by atoms with Gasteiger partial charge in [0.15, 0.2) is 0 Å². The van der Waals surface area contributed by atoms with E-state index in [4.69, 9.17) is 9.47 Å². The van der Waals surface area contributed by atoms with Crippen LogP contribution in [0.4, 0.5) is 10.5 Å². The Hall–Kier alpha value is -1.75. The third-order valence-corrected chi connectivity index (χ3v) is 4.83. The number of benzene rings is 1. The van der Waals surface area contributed by atoms with Crippen LogP contribution in [0.15, 0.2) is 12.1 Å². The number of anilines is 1. The Morgan fingerprint density at radius 1 is 1.39 bits per heavy atom. The van der Waals surface area contributed by atoms with Crippen molar-refractivity contribution in [1.82, 2.24) is 4.90 Å².